The summed E-state index contributed by atoms with van der Waals surface area (Å²) in [6.45, 7) is 0.340. The molecule has 1 aliphatic carbocycles. The van der Waals surface area contributed by atoms with Crippen LogP contribution in [0.1, 0.15) is 65.8 Å². The van der Waals surface area contributed by atoms with Gasteiger partial charge in [0.15, 0.2) is 11.0 Å². The minimum Gasteiger partial charge on any atom is -0.486 e. The molecule has 1 saturated carbocycles. The molecular weight excluding hydrogens is 498 g/mol. The summed E-state index contributed by atoms with van der Waals surface area (Å²) < 4.78 is 8.38. The van der Waals surface area contributed by atoms with Crippen molar-refractivity contribution in [1.29, 1.82) is 0 Å². The van der Waals surface area contributed by atoms with Gasteiger partial charge in [-0.15, -0.1) is 10.2 Å². The SMILES string of the molecule is c1ccc(C(Sc2nnc(COc3ccc(C4CCCCC4)cc3)n2-c2ccccc2)c2ccccc2)cc1. The number of hydrogen-bond donors (Lipinski definition) is 0. The molecule has 196 valence electrons. The zero-order chi connectivity index (χ0) is 26.3. The van der Waals surface area contributed by atoms with Crippen molar-refractivity contribution in [2.45, 2.75) is 55.0 Å². The molecule has 0 amide bonds. The van der Waals surface area contributed by atoms with Crippen LogP contribution in [-0.4, -0.2) is 14.8 Å². The van der Waals surface area contributed by atoms with E-state index >= 15 is 0 Å². The average Bonchev–Trinajstić information content (AvgIpc) is 3.43. The Bertz CT molecular complexity index is 1410. The molecule has 1 heterocycles. The van der Waals surface area contributed by atoms with Crippen LogP contribution in [0.25, 0.3) is 5.69 Å². The van der Waals surface area contributed by atoms with Crippen molar-refractivity contribution in [3.63, 3.8) is 0 Å². The van der Waals surface area contributed by atoms with E-state index in [9.17, 15) is 0 Å². The molecule has 0 spiro atoms. The lowest BCUT2D eigenvalue weighted by molar-refractivity contribution is 0.292. The Morgan fingerprint density at radius 1 is 0.692 bits per heavy atom. The van der Waals surface area contributed by atoms with Crippen molar-refractivity contribution >= 4 is 11.8 Å². The largest absolute Gasteiger partial charge is 0.486 e. The lowest BCUT2D eigenvalue weighted by Crippen LogP contribution is -2.08. The van der Waals surface area contributed by atoms with Crippen LogP contribution in [0, 0.1) is 0 Å². The Balaban J connectivity index is 1.27. The Kier molecular flexibility index (Phi) is 8.06. The first-order valence-corrected chi connectivity index (χ1v) is 14.7. The number of para-hydroxylation sites is 1. The molecule has 5 aromatic rings. The van der Waals surface area contributed by atoms with Crippen LogP contribution in [0.4, 0.5) is 0 Å². The second kappa shape index (κ2) is 12.4. The maximum Gasteiger partial charge on any atom is 0.196 e. The fourth-order valence-electron chi connectivity index (χ4n) is 5.42. The molecule has 0 unspecified atom stereocenters. The second-order valence-corrected chi connectivity index (χ2v) is 11.2. The van der Waals surface area contributed by atoms with Gasteiger partial charge in [0, 0.05) is 5.69 Å². The van der Waals surface area contributed by atoms with Crippen LogP contribution in [0.15, 0.2) is 120 Å². The minimum atomic E-state index is 0.0835. The van der Waals surface area contributed by atoms with E-state index in [1.807, 2.05) is 18.2 Å². The molecule has 4 aromatic carbocycles. The quantitative estimate of drug-likeness (QED) is 0.178. The Hall–Kier alpha value is -3.83. The van der Waals surface area contributed by atoms with Gasteiger partial charge in [-0.2, -0.15) is 0 Å². The van der Waals surface area contributed by atoms with E-state index in [1.54, 1.807) is 11.8 Å². The summed E-state index contributed by atoms with van der Waals surface area (Å²) in [4.78, 5) is 0. The van der Waals surface area contributed by atoms with Crippen LogP contribution in [-0.2, 0) is 6.61 Å². The lowest BCUT2D eigenvalue weighted by Gasteiger charge is -2.22. The summed E-state index contributed by atoms with van der Waals surface area (Å²) in [5, 5.41) is 10.2. The van der Waals surface area contributed by atoms with Gasteiger partial charge in [0.1, 0.15) is 12.4 Å². The van der Waals surface area contributed by atoms with E-state index in [4.69, 9.17) is 4.74 Å². The third-order valence-electron chi connectivity index (χ3n) is 7.47. The van der Waals surface area contributed by atoms with Crippen LogP contribution in [0.2, 0.25) is 0 Å². The second-order valence-electron chi connectivity index (χ2n) is 10.1. The molecule has 0 saturated heterocycles. The molecule has 1 aromatic heterocycles. The van der Waals surface area contributed by atoms with Crippen molar-refractivity contribution < 1.29 is 4.74 Å². The number of nitrogens with zero attached hydrogens (tertiary/aromatic N) is 3. The Morgan fingerprint density at radius 3 is 1.90 bits per heavy atom. The van der Waals surface area contributed by atoms with Crippen molar-refractivity contribution in [1.82, 2.24) is 14.8 Å². The molecule has 0 N–H and O–H groups in total. The Labute approximate surface area is 235 Å². The number of rotatable bonds is 9. The maximum absolute atomic E-state index is 6.25. The third kappa shape index (κ3) is 6.10. The van der Waals surface area contributed by atoms with E-state index in [0.29, 0.717) is 12.5 Å². The number of thioether (sulfide) groups is 1. The maximum atomic E-state index is 6.25. The standard InChI is InChI=1S/C34H33N3OS/c1-5-13-26(14-6-1)27-21-23-31(24-22-27)38-25-32-35-36-34(37(32)30-19-11-4-12-20-30)39-33(28-15-7-2-8-16-28)29-17-9-3-10-18-29/h2-4,7-12,15-24,26,33H,1,5-6,13-14,25H2. The van der Waals surface area contributed by atoms with Crippen molar-refractivity contribution in [2.75, 3.05) is 0 Å². The zero-order valence-electron chi connectivity index (χ0n) is 22.0. The molecule has 4 nitrogen and oxygen atoms in total. The molecular formula is C34H33N3OS. The summed E-state index contributed by atoms with van der Waals surface area (Å²) in [6.07, 6.45) is 6.65. The van der Waals surface area contributed by atoms with E-state index in [2.05, 4.69) is 112 Å². The van der Waals surface area contributed by atoms with E-state index in [0.717, 1.165) is 22.4 Å². The van der Waals surface area contributed by atoms with Gasteiger partial charge in [0.25, 0.3) is 0 Å². The molecule has 0 radical (unpaired) electrons. The van der Waals surface area contributed by atoms with Gasteiger partial charge in [-0.25, -0.2) is 0 Å². The molecule has 0 aliphatic heterocycles. The van der Waals surface area contributed by atoms with Crippen molar-refractivity contribution in [3.05, 3.63) is 138 Å². The number of aromatic nitrogens is 3. The van der Waals surface area contributed by atoms with Gasteiger partial charge in [0.05, 0.1) is 5.25 Å². The molecule has 39 heavy (non-hydrogen) atoms. The highest BCUT2D eigenvalue weighted by Crippen LogP contribution is 2.40. The van der Waals surface area contributed by atoms with Crippen LogP contribution in [0.5, 0.6) is 5.75 Å². The van der Waals surface area contributed by atoms with Crippen LogP contribution in [0.3, 0.4) is 0 Å². The van der Waals surface area contributed by atoms with E-state index in [1.165, 1.54) is 48.8 Å². The zero-order valence-corrected chi connectivity index (χ0v) is 22.8. The van der Waals surface area contributed by atoms with Gasteiger partial charge < -0.3 is 4.74 Å². The average molecular weight is 532 g/mol. The highest BCUT2D eigenvalue weighted by atomic mass is 32.2. The summed E-state index contributed by atoms with van der Waals surface area (Å²) in [6, 6.07) is 40.2. The molecule has 0 atom stereocenters. The predicted molar refractivity (Wildman–Crippen MR) is 159 cm³/mol. The number of hydrogen-bond acceptors (Lipinski definition) is 4. The Morgan fingerprint density at radius 2 is 1.28 bits per heavy atom. The molecule has 6 rings (SSSR count). The van der Waals surface area contributed by atoms with Gasteiger partial charge in [0.2, 0.25) is 0 Å². The molecule has 0 bridgehead atoms. The summed E-state index contributed by atoms with van der Waals surface area (Å²) in [5.41, 5.74) is 4.91. The fraction of sp³-hybridized carbons (Fsp3) is 0.235. The highest BCUT2D eigenvalue weighted by Gasteiger charge is 2.22. The van der Waals surface area contributed by atoms with Crippen LogP contribution >= 0.6 is 11.8 Å². The molecule has 1 aliphatic rings. The van der Waals surface area contributed by atoms with Gasteiger partial charge >= 0.3 is 0 Å². The van der Waals surface area contributed by atoms with Gasteiger partial charge in [-0.3, -0.25) is 4.57 Å². The smallest absolute Gasteiger partial charge is 0.196 e. The first-order valence-electron chi connectivity index (χ1n) is 13.8. The van der Waals surface area contributed by atoms with E-state index in [-0.39, 0.29) is 5.25 Å². The lowest BCUT2D eigenvalue weighted by atomic mass is 9.84. The predicted octanol–water partition coefficient (Wildman–Crippen LogP) is 8.78. The fourth-order valence-corrected chi connectivity index (χ4v) is 6.62. The summed E-state index contributed by atoms with van der Waals surface area (Å²) in [7, 11) is 0. The van der Waals surface area contributed by atoms with Crippen molar-refractivity contribution in [3.8, 4) is 11.4 Å². The van der Waals surface area contributed by atoms with E-state index < -0.39 is 0 Å². The van der Waals surface area contributed by atoms with Gasteiger partial charge in [-0.1, -0.05) is 122 Å². The highest BCUT2D eigenvalue weighted by molar-refractivity contribution is 7.99. The monoisotopic (exact) mass is 531 g/mol. The van der Waals surface area contributed by atoms with Crippen LogP contribution < -0.4 is 4.74 Å². The topological polar surface area (TPSA) is 39.9 Å². The number of benzene rings is 4. The molecule has 1 fully saturated rings. The first-order chi connectivity index (χ1) is 19.3. The van der Waals surface area contributed by atoms with Gasteiger partial charge in [-0.05, 0) is 59.7 Å². The normalized spacial score (nSPS) is 14.0. The summed E-state index contributed by atoms with van der Waals surface area (Å²) in [5.74, 6) is 2.33. The molecule has 5 heteroatoms. The first kappa shape index (κ1) is 25.4. The minimum absolute atomic E-state index is 0.0835. The number of ether oxygens (including phenoxy) is 1. The third-order valence-corrected chi connectivity index (χ3v) is 8.72. The van der Waals surface area contributed by atoms with Crippen molar-refractivity contribution in [2.24, 2.45) is 0 Å². The summed E-state index contributed by atoms with van der Waals surface area (Å²) >= 11 is 1.71.